The molecule has 33 heavy (non-hydrogen) atoms. The second-order valence-electron chi connectivity index (χ2n) is 9.55. The fraction of sp³-hybridized carbons (Fsp3) is 0.423. The average Bonchev–Trinajstić information content (AvgIpc) is 2.92. The Bertz CT molecular complexity index is 1110. The molecule has 2 aliphatic heterocycles. The number of hydrogen-bond donors (Lipinski definition) is 1. The molecule has 1 fully saturated rings. The molecule has 4 rings (SSSR count). The number of aromatic hydroxyl groups is 1. The van der Waals surface area contributed by atoms with E-state index in [1.807, 2.05) is 33.8 Å². The molecule has 0 bridgehead atoms. The van der Waals surface area contributed by atoms with Crippen LogP contribution >= 0.6 is 11.6 Å². The SMILES string of the molecule is C#Cc1cc2c(c(C)c1-c1c(O)cccc1Cl)OC[C@H]1CN(C(=O)OC(C)(C)C)CCN1C2. The van der Waals surface area contributed by atoms with Crippen LogP contribution in [0, 0.1) is 19.3 Å². The molecule has 1 amide bonds. The number of carbonyl (C=O) groups excluding carboxylic acids is 1. The number of fused-ring (bicyclic) bond motifs is 2. The van der Waals surface area contributed by atoms with Crippen molar-refractivity contribution >= 4 is 17.7 Å². The highest BCUT2D eigenvalue weighted by Gasteiger charge is 2.35. The Hall–Kier alpha value is -2.88. The Morgan fingerprint density at radius 3 is 2.73 bits per heavy atom. The van der Waals surface area contributed by atoms with E-state index >= 15 is 0 Å². The number of halogens is 1. The van der Waals surface area contributed by atoms with Crippen LogP contribution < -0.4 is 4.74 Å². The zero-order valence-corrected chi connectivity index (χ0v) is 20.2. The van der Waals surface area contributed by atoms with Gasteiger partial charge < -0.3 is 19.5 Å². The van der Waals surface area contributed by atoms with E-state index in [2.05, 4.69) is 10.8 Å². The van der Waals surface area contributed by atoms with Crippen molar-refractivity contribution in [2.45, 2.75) is 45.9 Å². The molecular formula is C26H29ClN2O4. The third kappa shape index (κ3) is 4.62. The summed E-state index contributed by atoms with van der Waals surface area (Å²) in [5.74, 6) is 3.58. The first kappa shape index (κ1) is 23.3. The van der Waals surface area contributed by atoms with Crippen molar-refractivity contribution in [1.82, 2.24) is 9.80 Å². The van der Waals surface area contributed by atoms with Crippen molar-refractivity contribution < 1.29 is 19.4 Å². The van der Waals surface area contributed by atoms with Gasteiger partial charge in [0.15, 0.2) is 0 Å². The van der Waals surface area contributed by atoms with Crippen LogP contribution in [0.1, 0.15) is 37.5 Å². The summed E-state index contributed by atoms with van der Waals surface area (Å²) in [6.45, 7) is 10.5. The van der Waals surface area contributed by atoms with Crippen molar-refractivity contribution in [3.05, 3.63) is 46.0 Å². The summed E-state index contributed by atoms with van der Waals surface area (Å²) in [6, 6.07) is 7.00. The number of ether oxygens (including phenoxy) is 2. The molecule has 2 heterocycles. The van der Waals surface area contributed by atoms with Gasteiger partial charge in [0.2, 0.25) is 0 Å². The van der Waals surface area contributed by atoms with Gasteiger partial charge in [-0.15, -0.1) is 6.42 Å². The van der Waals surface area contributed by atoms with Crippen LogP contribution in [0.25, 0.3) is 11.1 Å². The molecule has 7 heteroatoms. The Kier molecular flexibility index (Phi) is 6.22. The van der Waals surface area contributed by atoms with E-state index in [0.717, 1.165) is 16.9 Å². The Balaban J connectivity index is 1.65. The third-order valence-corrected chi connectivity index (χ3v) is 6.36. The number of piperazine rings is 1. The monoisotopic (exact) mass is 468 g/mol. The minimum absolute atomic E-state index is 0.0320. The van der Waals surface area contributed by atoms with Gasteiger partial charge in [-0.3, -0.25) is 4.90 Å². The van der Waals surface area contributed by atoms with Crippen molar-refractivity contribution in [3.8, 4) is 35.0 Å². The van der Waals surface area contributed by atoms with Crippen LogP contribution in [0.15, 0.2) is 24.3 Å². The van der Waals surface area contributed by atoms with Gasteiger partial charge in [0.1, 0.15) is 23.7 Å². The zero-order chi connectivity index (χ0) is 23.9. The lowest BCUT2D eigenvalue weighted by Gasteiger charge is -2.40. The van der Waals surface area contributed by atoms with Gasteiger partial charge in [-0.1, -0.05) is 23.6 Å². The Morgan fingerprint density at radius 2 is 2.06 bits per heavy atom. The van der Waals surface area contributed by atoms with Crippen molar-refractivity contribution in [3.63, 3.8) is 0 Å². The molecule has 2 aromatic rings. The standard InChI is InChI=1S/C26H29ClN2O4/c1-6-17-12-18-13-28-10-11-29(25(31)33-26(3,4)5)14-19(28)15-32-24(18)16(2)22(17)23-20(27)8-7-9-21(23)30/h1,7-9,12,19,30H,10-11,13-15H2,2-5H3/t19-/m1/s1. The fourth-order valence-electron chi connectivity index (χ4n) is 4.53. The zero-order valence-electron chi connectivity index (χ0n) is 19.4. The van der Waals surface area contributed by atoms with Crippen LogP contribution in [0.2, 0.25) is 5.02 Å². The van der Waals surface area contributed by atoms with Gasteiger partial charge in [0.25, 0.3) is 0 Å². The van der Waals surface area contributed by atoms with E-state index in [0.29, 0.717) is 54.5 Å². The van der Waals surface area contributed by atoms with E-state index in [9.17, 15) is 9.90 Å². The highest BCUT2D eigenvalue weighted by atomic mass is 35.5. The topological polar surface area (TPSA) is 62.2 Å². The molecule has 0 saturated carbocycles. The van der Waals surface area contributed by atoms with Gasteiger partial charge in [-0.2, -0.15) is 0 Å². The normalized spacial score (nSPS) is 18.4. The van der Waals surface area contributed by atoms with E-state index in [1.54, 1.807) is 23.1 Å². The predicted molar refractivity (Wildman–Crippen MR) is 129 cm³/mol. The Morgan fingerprint density at radius 1 is 1.30 bits per heavy atom. The smallest absolute Gasteiger partial charge is 0.410 e. The van der Waals surface area contributed by atoms with Crippen molar-refractivity contribution in [1.29, 1.82) is 0 Å². The first-order valence-electron chi connectivity index (χ1n) is 11.0. The van der Waals surface area contributed by atoms with Crippen LogP contribution in [-0.2, 0) is 11.3 Å². The van der Waals surface area contributed by atoms with Crippen molar-refractivity contribution in [2.75, 3.05) is 26.2 Å². The van der Waals surface area contributed by atoms with E-state index in [1.165, 1.54) is 0 Å². The van der Waals surface area contributed by atoms with Crippen LogP contribution in [-0.4, -0.2) is 58.9 Å². The maximum atomic E-state index is 12.6. The number of hydrogen-bond acceptors (Lipinski definition) is 5. The number of phenols is 1. The summed E-state index contributed by atoms with van der Waals surface area (Å²) in [5, 5.41) is 11.0. The van der Waals surface area contributed by atoms with Gasteiger partial charge in [0.05, 0.1) is 11.1 Å². The number of phenolic OH excluding ortho intramolecular Hbond substituents is 1. The molecule has 2 aromatic carbocycles. The van der Waals surface area contributed by atoms with E-state index in [4.69, 9.17) is 27.5 Å². The van der Waals surface area contributed by atoms with E-state index < -0.39 is 5.60 Å². The molecule has 1 saturated heterocycles. The fourth-order valence-corrected chi connectivity index (χ4v) is 4.80. The lowest BCUT2D eigenvalue weighted by Crippen LogP contribution is -2.56. The average molecular weight is 469 g/mol. The summed E-state index contributed by atoms with van der Waals surface area (Å²) < 4.78 is 11.9. The number of terminal acetylenes is 1. The van der Waals surface area contributed by atoms with Crippen molar-refractivity contribution in [2.24, 2.45) is 0 Å². The molecule has 1 atom stereocenters. The van der Waals surface area contributed by atoms with Crippen LogP contribution in [0.3, 0.4) is 0 Å². The molecule has 6 nitrogen and oxygen atoms in total. The molecule has 2 aliphatic rings. The quantitative estimate of drug-likeness (QED) is 0.608. The lowest BCUT2D eigenvalue weighted by atomic mass is 9.91. The van der Waals surface area contributed by atoms with E-state index in [-0.39, 0.29) is 17.9 Å². The maximum absolute atomic E-state index is 12.6. The Labute approximate surface area is 200 Å². The molecule has 0 radical (unpaired) electrons. The minimum atomic E-state index is -0.534. The summed E-state index contributed by atoms with van der Waals surface area (Å²) >= 11 is 6.44. The molecule has 0 spiro atoms. The molecule has 1 N–H and O–H groups in total. The van der Waals surface area contributed by atoms with Crippen LogP contribution in [0.4, 0.5) is 4.79 Å². The number of carbonyl (C=O) groups is 1. The predicted octanol–water partition coefficient (Wildman–Crippen LogP) is 4.82. The second-order valence-corrected chi connectivity index (χ2v) is 9.96. The maximum Gasteiger partial charge on any atom is 0.410 e. The van der Waals surface area contributed by atoms with Crippen LogP contribution in [0.5, 0.6) is 11.5 Å². The van der Waals surface area contributed by atoms with Gasteiger partial charge in [0, 0.05) is 54.0 Å². The molecule has 0 aromatic heterocycles. The molecule has 174 valence electrons. The van der Waals surface area contributed by atoms with Gasteiger partial charge >= 0.3 is 6.09 Å². The highest BCUT2D eigenvalue weighted by Crippen LogP contribution is 2.44. The van der Waals surface area contributed by atoms with Gasteiger partial charge in [-0.25, -0.2) is 4.79 Å². The highest BCUT2D eigenvalue weighted by molar-refractivity contribution is 6.33. The van der Waals surface area contributed by atoms with Gasteiger partial charge in [-0.05, 0) is 45.9 Å². The second kappa shape index (κ2) is 8.81. The number of amides is 1. The number of benzene rings is 2. The summed E-state index contributed by atoms with van der Waals surface area (Å²) in [7, 11) is 0. The summed E-state index contributed by atoms with van der Waals surface area (Å²) in [5.41, 5.74) is 3.16. The third-order valence-electron chi connectivity index (χ3n) is 6.04. The minimum Gasteiger partial charge on any atom is -0.507 e. The number of nitrogens with zero attached hydrogens (tertiary/aromatic N) is 2. The molecular weight excluding hydrogens is 440 g/mol. The number of rotatable bonds is 1. The first-order valence-corrected chi connectivity index (χ1v) is 11.4. The molecule has 0 aliphatic carbocycles. The first-order chi connectivity index (χ1) is 15.6. The summed E-state index contributed by atoms with van der Waals surface area (Å²) in [4.78, 5) is 16.6. The molecule has 0 unspecified atom stereocenters. The largest absolute Gasteiger partial charge is 0.507 e. The summed E-state index contributed by atoms with van der Waals surface area (Å²) in [6.07, 6.45) is 5.58. The lowest BCUT2D eigenvalue weighted by molar-refractivity contribution is -0.00156.